The van der Waals surface area contributed by atoms with Gasteiger partial charge in [-0.25, -0.2) is 4.98 Å². The summed E-state index contributed by atoms with van der Waals surface area (Å²) in [4.78, 5) is 8.15. The first-order valence-corrected chi connectivity index (χ1v) is 9.91. The van der Waals surface area contributed by atoms with Gasteiger partial charge in [-0.3, -0.25) is 0 Å². The molecule has 4 rings (SSSR count). The van der Waals surface area contributed by atoms with E-state index in [0.29, 0.717) is 6.10 Å². The molecule has 0 bridgehead atoms. The van der Waals surface area contributed by atoms with Gasteiger partial charge in [0, 0.05) is 12.0 Å². The van der Waals surface area contributed by atoms with E-state index >= 15 is 0 Å². The van der Waals surface area contributed by atoms with Crippen molar-refractivity contribution in [3.8, 4) is 0 Å². The van der Waals surface area contributed by atoms with E-state index in [2.05, 4.69) is 19.1 Å². The Kier molecular flexibility index (Phi) is 5.23. The predicted octanol–water partition coefficient (Wildman–Crippen LogP) is 0.659. The summed E-state index contributed by atoms with van der Waals surface area (Å²) in [5.41, 5.74) is 3.26. The predicted molar refractivity (Wildman–Crippen MR) is 100 cm³/mol. The molecule has 1 aromatic carbocycles. The molecule has 2 fully saturated rings. The normalized spacial score (nSPS) is 27.0. The summed E-state index contributed by atoms with van der Waals surface area (Å²) in [6, 6.07) is 8.29. The molecule has 4 nitrogen and oxygen atoms in total. The van der Waals surface area contributed by atoms with Crippen molar-refractivity contribution in [1.29, 1.82) is 0 Å². The number of fused-ring (bicyclic) bond motifs is 1. The fourth-order valence-electron chi connectivity index (χ4n) is 4.24. The number of halogens is 1. The van der Waals surface area contributed by atoms with E-state index in [9.17, 15) is 0 Å². The lowest BCUT2D eigenvalue weighted by atomic mass is 10.1. The molecule has 2 saturated heterocycles. The number of pyridine rings is 1. The lowest BCUT2D eigenvalue weighted by Crippen LogP contribution is -3.28. The van der Waals surface area contributed by atoms with Gasteiger partial charge in [-0.1, -0.05) is 29.8 Å². The Morgan fingerprint density at radius 2 is 1.92 bits per heavy atom. The molecule has 2 aliphatic rings. The van der Waals surface area contributed by atoms with Crippen molar-refractivity contribution in [2.75, 3.05) is 39.3 Å². The second kappa shape index (κ2) is 7.58. The third-order valence-corrected chi connectivity index (χ3v) is 6.27. The topological polar surface area (TPSA) is 31.0 Å². The summed E-state index contributed by atoms with van der Waals surface area (Å²) in [5.74, 6) is 0. The number of piperazine rings is 1. The van der Waals surface area contributed by atoms with Crippen molar-refractivity contribution in [3.63, 3.8) is 0 Å². The molecule has 3 heterocycles. The van der Waals surface area contributed by atoms with E-state index in [-0.39, 0.29) is 0 Å². The van der Waals surface area contributed by atoms with Gasteiger partial charge in [-0.05, 0) is 31.4 Å². The van der Waals surface area contributed by atoms with Gasteiger partial charge >= 0.3 is 0 Å². The molecular formula is C20H28ClN3O+2. The van der Waals surface area contributed by atoms with Crippen LogP contribution in [-0.4, -0.2) is 50.4 Å². The average molecular weight is 362 g/mol. The van der Waals surface area contributed by atoms with E-state index in [1.54, 1.807) is 9.80 Å². The molecule has 1 aromatic heterocycles. The van der Waals surface area contributed by atoms with E-state index < -0.39 is 0 Å². The summed E-state index contributed by atoms with van der Waals surface area (Å²) in [7, 11) is 0. The number of nitrogens with zero attached hydrogens (tertiary/aromatic N) is 1. The van der Waals surface area contributed by atoms with Gasteiger partial charge in [-0.15, -0.1) is 0 Å². The van der Waals surface area contributed by atoms with Crippen LogP contribution in [0.15, 0.2) is 24.3 Å². The molecule has 1 atom stereocenters. The highest BCUT2D eigenvalue weighted by atomic mass is 35.5. The van der Waals surface area contributed by atoms with Gasteiger partial charge in [-0.2, -0.15) is 0 Å². The van der Waals surface area contributed by atoms with Crippen LogP contribution in [0, 0.1) is 6.92 Å². The van der Waals surface area contributed by atoms with Crippen molar-refractivity contribution in [2.24, 2.45) is 0 Å². The number of para-hydroxylation sites is 1. The Bertz CT molecular complexity index is 737. The van der Waals surface area contributed by atoms with Crippen molar-refractivity contribution in [1.82, 2.24) is 4.98 Å². The molecule has 0 amide bonds. The van der Waals surface area contributed by atoms with Gasteiger partial charge in [0.2, 0.25) is 0 Å². The smallest absolute Gasteiger partial charge is 0.127 e. The number of nitrogens with one attached hydrogen (secondary N) is 2. The van der Waals surface area contributed by atoms with Crippen LogP contribution in [0.25, 0.3) is 10.9 Å². The standard InChI is InChI=1S/C20H26ClN3O/c1-15-17-6-2-3-7-18(17)22-19(20(15)21)14-24-10-8-23(9-11-24)13-16-5-4-12-25-16/h2-3,6-7,16H,4-5,8-14H2,1H3/p+2/t16-/m0/s1. The molecule has 134 valence electrons. The molecule has 0 aliphatic carbocycles. The van der Waals surface area contributed by atoms with Crippen LogP contribution in [0.2, 0.25) is 5.02 Å². The number of rotatable bonds is 4. The van der Waals surface area contributed by atoms with Crippen molar-refractivity contribution in [2.45, 2.75) is 32.4 Å². The van der Waals surface area contributed by atoms with Crippen molar-refractivity contribution in [3.05, 3.63) is 40.5 Å². The van der Waals surface area contributed by atoms with Gasteiger partial charge in [0.15, 0.2) is 0 Å². The quantitative estimate of drug-likeness (QED) is 0.838. The molecule has 0 unspecified atom stereocenters. The molecule has 25 heavy (non-hydrogen) atoms. The zero-order valence-electron chi connectivity index (χ0n) is 15.0. The SMILES string of the molecule is Cc1c(Cl)c(C[NH+]2CC[NH+](C[C@@H]3CCCO3)CC2)nc2ccccc12. The minimum atomic E-state index is 0.496. The molecule has 2 N–H and O–H groups in total. The second-order valence-electron chi connectivity index (χ2n) is 7.53. The van der Waals surface area contributed by atoms with Crippen LogP contribution in [0.1, 0.15) is 24.1 Å². The Morgan fingerprint density at radius 1 is 1.16 bits per heavy atom. The van der Waals surface area contributed by atoms with Crippen LogP contribution < -0.4 is 9.80 Å². The van der Waals surface area contributed by atoms with Gasteiger partial charge in [0.1, 0.15) is 51.1 Å². The zero-order valence-corrected chi connectivity index (χ0v) is 15.7. The highest BCUT2D eigenvalue weighted by Crippen LogP contribution is 2.26. The zero-order chi connectivity index (χ0) is 17.2. The van der Waals surface area contributed by atoms with Gasteiger partial charge < -0.3 is 14.5 Å². The molecular weight excluding hydrogens is 334 g/mol. The maximum Gasteiger partial charge on any atom is 0.127 e. The largest absolute Gasteiger partial charge is 0.372 e. The van der Waals surface area contributed by atoms with Crippen LogP contribution >= 0.6 is 11.6 Å². The first kappa shape index (κ1) is 17.2. The first-order chi connectivity index (χ1) is 12.2. The molecule has 2 aliphatic heterocycles. The Labute approximate surface area is 154 Å². The van der Waals surface area contributed by atoms with Gasteiger partial charge in [0.25, 0.3) is 0 Å². The second-order valence-corrected chi connectivity index (χ2v) is 7.91. The number of benzene rings is 1. The molecule has 5 heteroatoms. The summed E-state index contributed by atoms with van der Waals surface area (Å²) in [6.07, 6.45) is 2.98. The van der Waals surface area contributed by atoms with Crippen LogP contribution in [0.5, 0.6) is 0 Å². The number of aromatic nitrogens is 1. The van der Waals surface area contributed by atoms with E-state index in [1.165, 1.54) is 45.6 Å². The Morgan fingerprint density at radius 3 is 2.68 bits per heavy atom. The van der Waals surface area contributed by atoms with Crippen LogP contribution in [-0.2, 0) is 11.3 Å². The molecule has 0 spiro atoms. The van der Waals surface area contributed by atoms with Crippen LogP contribution in [0.3, 0.4) is 0 Å². The highest BCUT2D eigenvalue weighted by molar-refractivity contribution is 6.32. The molecule has 0 radical (unpaired) electrons. The summed E-state index contributed by atoms with van der Waals surface area (Å²) in [5, 5.41) is 2.01. The monoisotopic (exact) mass is 361 g/mol. The number of hydrogen-bond acceptors (Lipinski definition) is 2. The van der Waals surface area contributed by atoms with Crippen molar-refractivity contribution >= 4 is 22.5 Å². The Balaban J connectivity index is 1.40. The fourth-order valence-corrected chi connectivity index (χ4v) is 4.45. The third kappa shape index (κ3) is 3.82. The minimum Gasteiger partial charge on any atom is -0.372 e. The van der Waals surface area contributed by atoms with E-state index in [4.69, 9.17) is 21.3 Å². The lowest BCUT2D eigenvalue weighted by Gasteiger charge is -2.31. The number of aryl methyl sites for hydroxylation is 1. The van der Waals surface area contributed by atoms with E-state index in [0.717, 1.165) is 40.3 Å². The Hall–Kier alpha value is -1.20. The van der Waals surface area contributed by atoms with Crippen molar-refractivity contribution < 1.29 is 14.5 Å². The van der Waals surface area contributed by atoms with Crippen LogP contribution in [0.4, 0.5) is 0 Å². The minimum absolute atomic E-state index is 0.496. The maximum atomic E-state index is 6.64. The van der Waals surface area contributed by atoms with Gasteiger partial charge in [0.05, 0.1) is 10.5 Å². The summed E-state index contributed by atoms with van der Waals surface area (Å²) >= 11 is 6.64. The lowest BCUT2D eigenvalue weighted by molar-refractivity contribution is -1.02. The average Bonchev–Trinajstić information content (AvgIpc) is 3.14. The first-order valence-electron chi connectivity index (χ1n) is 9.53. The summed E-state index contributed by atoms with van der Waals surface area (Å²) in [6.45, 7) is 9.99. The van der Waals surface area contributed by atoms with E-state index in [1.807, 2.05) is 12.1 Å². The number of ether oxygens (including phenoxy) is 1. The molecule has 2 aromatic rings. The summed E-state index contributed by atoms with van der Waals surface area (Å²) < 4.78 is 5.79. The fraction of sp³-hybridized carbons (Fsp3) is 0.550. The highest BCUT2D eigenvalue weighted by Gasteiger charge is 2.28. The molecule has 0 saturated carbocycles. The maximum absolute atomic E-state index is 6.64. The number of hydrogen-bond donors (Lipinski definition) is 2. The number of quaternary nitrogens is 2. The third-order valence-electron chi connectivity index (χ3n) is 5.77.